The van der Waals surface area contributed by atoms with Gasteiger partial charge in [-0.2, -0.15) is 0 Å². The smallest absolute Gasteiger partial charge is 0.255 e. The van der Waals surface area contributed by atoms with Crippen molar-refractivity contribution in [3.05, 3.63) is 0 Å². The maximum Gasteiger partial charge on any atom is 0.255 e. The number of halogens is 2. The summed E-state index contributed by atoms with van der Waals surface area (Å²) in [5.41, 5.74) is 0. The Morgan fingerprint density at radius 1 is 1.40 bits per heavy atom. The molecule has 0 saturated carbocycles. The van der Waals surface area contributed by atoms with E-state index < -0.39 is 13.0 Å². The quantitative estimate of drug-likeness (QED) is 0.636. The number of alkyl halides is 2. The van der Waals surface area contributed by atoms with E-state index in [2.05, 4.69) is 0 Å². The molecule has 0 aliphatic carbocycles. The average molecular weight is 223 g/mol. The van der Waals surface area contributed by atoms with Gasteiger partial charge in [-0.1, -0.05) is 19.8 Å². The fourth-order valence-corrected chi connectivity index (χ4v) is 1.29. The molecular weight excluding hydrogens is 204 g/mol. The van der Waals surface area contributed by atoms with Crippen LogP contribution in [0, 0.1) is 0 Å². The minimum absolute atomic E-state index is 0.00466. The highest BCUT2D eigenvalue weighted by molar-refractivity contribution is 5.76. The number of aliphatic hydroxyl groups is 1. The number of amides is 1. The van der Waals surface area contributed by atoms with Crippen molar-refractivity contribution in [3.8, 4) is 0 Å². The first-order chi connectivity index (χ1) is 7.11. The fraction of sp³-hybridized carbons (Fsp3) is 0.900. The third-order valence-electron chi connectivity index (χ3n) is 2.08. The van der Waals surface area contributed by atoms with E-state index in [0.717, 1.165) is 24.2 Å². The summed E-state index contributed by atoms with van der Waals surface area (Å²) in [5, 5.41) is 8.63. The minimum atomic E-state index is -2.54. The van der Waals surface area contributed by atoms with E-state index in [0.29, 0.717) is 6.42 Å². The van der Waals surface area contributed by atoms with Gasteiger partial charge in [0.05, 0.1) is 13.2 Å². The molecule has 0 spiro atoms. The number of carbonyl (C=O) groups excluding carboxylic acids is 1. The monoisotopic (exact) mass is 223 g/mol. The summed E-state index contributed by atoms with van der Waals surface area (Å²) >= 11 is 0. The van der Waals surface area contributed by atoms with Crippen molar-refractivity contribution >= 4 is 5.91 Å². The van der Waals surface area contributed by atoms with Crippen molar-refractivity contribution in [1.82, 2.24) is 4.90 Å². The SMILES string of the molecule is CCCCCC(=O)N(CCO)CC(F)F. The highest BCUT2D eigenvalue weighted by Gasteiger charge is 2.16. The van der Waals surface area contributed by atoms with Crippen LogP contribution in [0.4, 0.5) is 8.78 Å². The largest absolute Gasteiger partial charge is 0.395 e. The molecule has 5 heteroatoms. The molecule has 90 valence electrons. The first-order valence-electron chi connectivity index (χ1n) is 5.28. The van der Waals surface area contributed by atoms with Gasteiger partial charge in [0.15, 0.2) is 0 Å². The molecule has 0 fully saturated rings. The van der Waals surface area contributed by atoms with E-state index in [1.54, 1.807) is 0 Å². The summed E-state index contributed by atoms with van der Waals surface area (Å²) in [5.74, 6) is -0.294. The Kier molecular flexibility index (Phi) is 8.18. The van der Waals surface area contributed by atoms with E-state index in [1.165, 1.54) is 0 Å². The maximum atomic E-state index is 12.1. The van der Waals surface area contributed by atoms with Gasteiger partial charge in [-0.25, -0.2) is 8.78 Å². The predicted molar refractivity (Wildman–Crippen MR) is 53.8 cm³/mol. The van der Waals surface area contributed by atoms with Crippen molar-refractivity contribution in [1.29, 1.82) is 0 Å². The van der Waals surface area contributed by atoms with Gasteiger partial charge in [-0.15, -0.1) is 0 Å². The summed E-state index contributed by atoms with van der Waals surface area (Å²) in [6, 6.07) is 0. The van der Waals surface area contributed by atoms with Gasteiger partial charge in [-0.05, 0) is 6.42 Å². The van der Waals surface area contributed by atoms with Crippen LogP contribution in [0.1, 0.15) is 32.6 Å². The van der Waals surface area contributed by atoms with Crippen molar-refractivity contribution in [2.24, 2.45) is 0 Å². The molecule has 1 amide bonds. The zero-order valence-electron chi connectivity index (χ0n) is 9.09. The molecule has 0 bridgehead atoms. The second kappa shape index (κ2) is 8.59. The molecule has 0 aromatic rings. The molecule has 0 aliphatic rings. The Morgan fingerprint density at radius 3 is 2.53 bits per heavy atom. The van der Waals surface area contributed by atoms with Gasteiger partial charge < -0.3 is 10.0 Å². The molecule has 0 saturated heterocycles. The van der Waals surface area contributed by atoms with Crippen molar-refractivity contribution in [3.63, 3.8) is 0 Å². The first-order valence-corrected chi connectivity index (χ1v) is 5.28. The molecule has 0 atom stereocenters. The van der Waals surface area contributed by atoms with E-state index in [9.17, 15) is 13.6 Å². The van der Waals surface area contributed by atoms with Crippen LogP contribution in [-0.2, 0) is 4.79 Å². The molecule has 1 N–H and O–H groups in total. The number of nitrogens with zero attached hydrogens (tertiary/aromatic N) is 1. The normalized spacial score (nSPS) is 10.7. The van der Waals surface area contributed by atoms with Crippen LogP contribution >= 0.6 is 0 Å². The van der Waals surface area contributed by atoms with Crippen LogP contribution < -0.4 is 0 Å². The average Bonchev–Trinajstić information content (AvgIpc) is 2.17. The Bertz CT molecular complexity index is 177. The van der Waals surface area contributed by atoms with Crippen LogP contribution in [-0.4, -0.2) is 42.0 Å². The molecule has 0 aromatic heterocycles. The van der Waals surface area contributed by atoms with Gasteiger partial charge in [0.25, 0.3) is 6.43 Å². The molecule has 0 rings (SSSR count). The number of hydrogen-bond donors (Lipinski definition) is 1. The van der Waals surface area contributed by atoms with Gasteiger partial charge in [-0.3, -0.25) is 4.79 Å². The van der Waals surface area contributed by atoms with Gasteiger partial charge >= 0.3 is 0 Å². The molecule has 0 aliphatic heterocycles. The molecular formula is C10H19F2NO2. The third-order valence-corrected chi connectivity index (χ3v) is 2.08. The Hall–Kier alpha value is -0.710. The van der Waals surface area contributed by atoms with Crippen LogP contribution in [0.2, 0.25) is 0 Å². The van der Waals surface area contributed by atoms with E-state index >= 15 is 0 Å². The number of aliphatic hydroxyl groups excluding tert-OH is 1. The second-order valence-corrected chi connectivity index (χ2v) is 3.41. The standard InChI is InChI=1S/C10H19F2NO2/c1-2-3-4-5-10(15)13(6-7-14)8-9(11)12/h9,14H,2-8H2,1H3. The lowest BCUT2D eigenvalue weighted by molar-refractivity contribution is -0.133. The zero-order valence-corrected chi connectivity index (χ0v) is 9.09. The lowest BCUT2D eigenvalue weighted by Gasteiger charge is -2.21. The summed E-state index contributed by atoms with van der Waals surface area (Å²) in [7, 11) is 0. The van der Waals surface area contributed by atoms with E-state index in [1.807, 2.05) is 6.92 Å². The predicted octanol–water partition coefficient (Wildman–Crippen LogP) is 1.65. The van der Waals surface area contributed by atoms with Gasteiger partial charge in [0.1, 0.15) is 0 Å². The lowest BCUT2D eigenvalue weighted by Crippen LogP contribution is -2.37. The molecule has 0 unspecified atom stereocenters. The molecule has 3 nitrogen and oxygen atoms in total. The molecule has 15 heavy (non-hydrogen) atoms. The lowest BCUT2D eigenvalue weighted by atomic mass is 10.2. The Labute approximate surface area is 89.1 Å². The summed E-state index contributed by atoms with van der Waals surface area (Å²) in [6.07, 6.45) is 0.392. The first kappa shape index (κ1) is 14.3. The van der Waals surface area contributed by atoms with Gasteiger partial charge in [0.2, 0.25) is 5.91 Å². The van der Waals surface area contributed by atoms with Crippen LogP contribution in [0.5, 0.6) is 0 Å². The zero-order chi connectivity index (χ0) is 11.7. The highest BCUT2D eigenvalue weighted by Crippen LogP contribution is 2.05. The Morgan fingerprint density at radius 2 is 2.07 bits per heavy atom. The summed E-state index contributed by atoms with van der Waals surface area (Å²) < 4.78 is 24.2. The number of rotatable bonds is 8. The van der Waals surface area contributed by atoms with Crippen molar-refractivity contribution in [2.75, 3.05) is 19.7 Å². The third kappa shape index (κ3) is 7.25. The number of hydrogen-bond acceptors (Lipinski definition) is 2. The highest BCUT2D eigenvalue weighted by atomic mass is 19.3. The van der Waals surface area contributed by atoms with E-state index in [-0.39, 0.29) is 19.1 Å². The molecule has 0 heterocycles. The second-order valence-electron chi connectivity index (χ2n) is 3.41. The van der Waals surface area contributed by atoms with Crippen molar-refractivity contribution < 1.29 is 18.7 Å². The summed E-state index contributed by atoms with van der Waals surface area (Å²) in [4.78, 5) is 12.5. The van der Waals surface area contributed by atoms with Crippen LogP contribution in [0.3, 0.4) is 0 Å². The topological polar surface area (TPSA) is 40.5 Å². The molecule has 0 radical (unpaired) electrons. The van der Waals surface area contributed by atoms with Gasteiger partial charge in [0, 0.05) is 13.0 Å². The Balaban J connectivity index is 3.92. The van der Waals surface area contributed by atoms with Crippen LogP contribution in [0.25, 0.3) is 0 Å². The van der Waals surface area contributed by atoms with Crippen molar-refractivity contribution in [2.45, 2.75) is 39.0 Å². The van der Waals surface area contributed by atoms with Crippen LogP contribution in [0.15, 0.2) is 0 Å². The van der Waals surface area contributed by atoms with E-state index in [4.69, 9.17) is 5.11 Å². The minimum Gasteiger partial charge on any atom is -0.395 e. The fourth-order valence-electron chi connectivity index (χ4n) is 1.29. The molecule has 0 aromatic carbocycles. The number of unbranched alkanes of at least 4 members (excludes halogenated alkanes) is 2. The number of carbonyl (C=O) groups is 1. The maximum absolute atomic E-state index is 12.1. The summed E-state index contributed by atoms with van der Waals surface area (Å²) in [6.45, 7) is 1.15.